The van der Waals surface area contributed by atoms with E-state index in [0.717, 1.165) is 50.9 Å². The lowest BCUT2D eigenvalue weighted by Crippen LogP contribution is -2.42. The van der Waals surface area contributed by atoms with Crippen LogP contribution in [0.5, 0.6) is 23.0 Å². The van der Waals surface area contributed by atoms with Crippen LogP contribution in [-0.2, 0) is 24.2 Å². The van der Waals surface area contributed by atoms with E-state index in [9.17, 15) is 4.79 Å². The Labute approximate surface area is 219 Å². The summed E-state index contributed by atoms with van der Waals surface area (Å²) in [5.74, 6) is 2.54. The number of methoxy groups -OCH3 is 2. The Bertz CT molecular complexity index is 1550. The summed E-state index contributed by atoms with van der Waals surface area (Å²) in [5.41, 5.74) is 11.4. The molecule has 0 fully saturated rings. The largest absolute Gasteiger partial charge is 0.493 e. The third-order valence-corrected chi connectivity index (χ3v) is 7.38. The van der Waals surface area contributed by atoms with Gasteiger partial charge in [-0.2, -0.15) is 4.57 Å². The zero-order valence-electron chi connectivity index (χ0n) is 20.5. The van der Waals surface area contributed by atoms with Crippen molar-refractivity contribution in [2.75, 3.05) is 21.0 Å². The second kappa shape index (κ2) is 9.25. The van der Waals surface area contributed by atoms with Crippen molar-refractivity contribution < 1.29 is 28.3 Å². The van der Waals surface area contributed by atoms with Crippen LogP contribution in [0.3, 0.4) is 0 Å². The average Bonchev–Trinajstić information content (AvgIpc) is 3.38. The van der Waals surface area contributed by atoms with E-state index in [0.29, 0.717) is 28.8 Å². The molecule has 0 saturated heterocycles. The number of aryl methyl sites for hydroxylation is 2. The van der Waals surface area contributed by atoms with Gasteiger partial charge in [-0.25, -0.2) is 0 Å². The second-order valence-corrected chi connectivity index (χ2v) is 9.64. The number of halogens is 1. The van der Waals surface area contributed by atoms with Crippen LogP contribution in [0.25, 0.3) is 22.0 Å². The Kier molecular flexibility index (Phi) is 5.89. The lowest BCUT2D eigenvalue weighted by Gasteiger charge is -2.23. The number of Topliss-reactive ketones (excluding diaryl/α,β-unsaturated/α-hetero) is 1. The van der Waals surface area contributed by atoms with Crippen LogP contribution in [-0.4, -0.2) is 26.8 Å². The number of aromatic nitrogens is 1. The van der Waals surface area contributed by atoms with E-state index in [1.807, 2.05) is 36.4 Å². The molecule has 0 radical (unpaired) electrons. The van der Waals surface area contributed by atoms with Gasteiger partial charge in [0.05, 0.1) is 36.8 Å². The smallest absolute Gasteiger partial charge is 0.231 e. The Morgan fingerprint density at radius 3 is 2.54 bits per heavy atom. The minimum Gasteiger partial charge on any atom is -0.493 e. The number of nitrogens with zero attached hydrogens (tertiary/aromatic N) is 1. The molecule has 1 aromatic heterocycles. The molecule has 2 N–H and O–H groups in total. The van der Waals surface area contributed by atoms with E-state index < -0.39 is 6.04 Å². The molecule has 0 bridgehead atoms. The van der Waals surface area contributed by atoms with E-state index in [-0.39, 0.29) is 19.0 Å². The van der Waals surface area contributed by atoms with Crippen molar-refractivity contribution in [1.29, 1.82) is 0 Å². The van der Waals surface area contributed by atoms with Gasteiger partial charge in [-0.15, -0.1) is 0 Å². The van der Waals surface area contributed by atoms with E-state index >= 15 is 0 Å². The molecule has 0 amide bonds. The maximum Gasteiger partial charge on any atom is 0.231 e. The fourth-order valence-corrected chi connectivity index (χ4v) is 5.46. The summed E-state index contributed by atoms with van der Waals surface area (Å²) in [7, 11) is 3.22. The van der Waals surface area contributed by atoms with Crippen LogP contribution < -0.4 is 29.2 Å². The van der Waals surface area contributed by atoms with Gasteiger partial charge in [-0.3, -0.25) is 4.79 Å². The van der Waals surface area contributed by atoms with Crippen LogP contribution in [0.15, 0.2) is 54.7 Å². The maximum absolute atomic E-state index is 13.6. The van der Waals surface area contributed by atoms with Gasteiger partial charge in [0.25, 0.3) is 0 Å². The van der Waals surface area contributed by atoms with Crippen molar-refractivity contribution in [2.24, 2.45) is 5.73 Å². The number of hydrogen-bond acceptors (Lipinski definition) is 6. The first-order chi connectivity index (χ1) is 18.0. The van der Waals surface area contributed by atoms with Crippen molar-refractivity contribution in [3.05, 3.63) is 76.4 Å². The topological polar surface area (TPSA) is 83.9 Å². The maximum atomic E-state index is 13.6. The number of nitrogens with two attached hydrogens (primary N) is 1. The molecule has 0 saturated carbocycles. The quantitative estimate of drug-likeness (QED) is 0.377. The molecule has 4 aromatic rings. The fraction of sp³-hybridized carbons (Fsp3) is 0.241. The Hall–Kier alpha value is -3.81. The zero-order chi connectivity index (χ0) is 25.7. The summed E-state index contributed by atoms with van der Waals surface area (Å²) in [6, 6.07) is 14.2. The van der Waals surface area contributed by atoms with E-state index in [1.54, 1.807) is 26.4 Å². The van der Waals surface area contributed by atoms with Crippen LogP contribution in [0.2, 0.25) is 5.02 Å². The van der Waals surface area contributed by atoms with Crippen molar-refractivity contribution in [3.8, 4) is 34.3 Å². The van der Waals surface area contributed by atoms with Crippen molar-refractivity contribution in [1.82, 2.24) is 0 Å². The molecule has 188 valence electrons. The number of carbonyl (C=O) groups is 1. The Morgan fingerprint density at radius 2 is 1.81 bits per heavy atom. The normalized spacial score (nSPS) is 14.2. The zero-order valence-corrected chi connectivity index (χ0v) is 21.3. The number of fused-ring (bicyclic) bond motifs is 5. The Morgan fingerprint density at radius 1 is 1.05 bits per heavy atom. The molecule has 1 unspecified atom stereocenters. The summed E-state index contributed by atoms with van der Waals surface area (Å²) >= 11 is 6.04. The molecular formula is C29H26ClN2O5+. The summed E-state index contributed by atoms with van der Waals surface area (Å²) < 4.78 is 24.8. The number of rotatable bonds is 6. The minimum atomic E-state index is -0.880. The first-order valence-corrected chi connectivity index (χ1v) is 12.4. The average molecular weight is 518 g/mol. The van der Waals surface area contributed by atoms with Gasteiger partial charge < -0.3 is 24.7 Å². The van der Waals surface area contributed by atoms with Gasteiger partial charge in [0.2, 0.25) is 12.5 Å². The molecule has 2 aliphatic rings. The van der Waals surface area contributed by atoms with Crippen LogP contribution in [0.1, 0.15) is 22.7 Å². The highest BCUT2D eigenvalue weighted by Crippen LogP contribution is 2.45. The fourth-order valence-electron chi connectivity index (χ4n) is 5.33. The number of hydrogen-bond donors (Lipinski definition) is 1. The number of ether oxygens (including phenoxy) is 4. The molecular weight excluding hydrogens is 492 g/mol. The first-order valence-electron chi connectivity index (χ1n) is 12.0. The number of carbonyl (C=O) groups excluding carboxylic acids is 1. The summed E-state index contributed by atoms with van der Waals surface area (Å²) in [4.78, 5) is 13.6. The first kappa shape index (κ1) is 23.6. The van der Waals surface area contributed by atoms with Gasteiger partial charge in [0.15, 0.2) is 41.5 Å². The summed E-state index contributed by atoms with van der Waals surface area (Å²) in [6.45, 7) is 0.905. The predicted octanol–water partition coefficient (Wildman–Crippen LogP) is 4.56. The highest BCUT2D eigenvalue weighted by Gasteiger charge is 2.36. The van der Waals surface area contributed by atoms with Crippen molar-refractivity contribution >= 4 is 28.2 Å². The predicted molar refractivity (Wildman–Crippen MR) is 140 cm³/mol. The van der Waals surface area contributed by atoms with Gasteiger partial charge in [0.1, 0.15) is 0 Å². The molecule has 0 aliphatic carbocycles. The molecule has 3 heterocycles. The molecule has 3 aromatic carbocycles. The van der Waals surface area contributed by atoms with Crippen LogP contribution in [0, 0.1) is 0 Å². The minimum absolute atomic E-state index is 0.0970. The monoisotopic (exact) mass is 517 g/mol. The summed E-state index contributed by atoms with van der Waals surface area (Å²) in [6.07, 6.45) is 3.05. The molecule has 2 aliphatic heterocycles. The summed E-state index contributed by atoms with van der Waals surface area (Å²) in [5, 5.41) is 2.29. The molecule has 1 atom stereocenters. The van der Waals surface area contributed by atoms with E-state index in [2.05, 4.69) is 10.8 Å². The van der Waals surface area contributed by atoms with Gasteiger partial charge in [-0.1, -0.05) is 23.7 Å². The standard InChI is InChI=1S/C29H26ClN2O5/c1-34-23-8-7-19-21(29(23)35-2)14-32-10-9-17-12-24-25(37-15-36-24)13-20(17)28(32)26(19)27(31)22(33)11-16-3-5-18(30)6-4-16/h3-8,12-14,27H,9-11,15,31H2,1-2H3/q+1. The molecule has 37 heavy (non-hydrogen) atoms. The van der Waals surface area contributed by atoms with Gasteiger partial charge >= 0.3 is 0 Å². The van der Waals surface area contributed by atoms with Crippen LogP contribution >= 0.6 is 11.6 Å². The molecule has 7 nitrogen and oxygen atoms in total. The highest BCUT2D eigenvalue weighted by molar-refractivity contribution is 6.30. The number of ketones is 1. The number of pyridine rings is 1. The lowest BCUT2D eigenvalue weighted by atomic mass is 9.86. The third kappa shape index (κ3) is 3.95. The third-order valence-electron chi connectivity index (χ3n) is 7.13. The molecule has 8 heteroatoms. The van der Waals surface area contributed by atoms with E-state index in [4.69, 9.17) is 36.3 Å². The van der Waals surface area contributed by atoms with E-state index in [1.165, 1.54) is 0 Å². The SMILES string of the molecule is COc1ccc2c(C(N)C(=O)Cc3ccc(Cl)cc3)c3[n+](cc2c1OC)CCc1cc2c(cc1-3)OCO2. The lowest BCUT2D eigenvalue weighted by molar-refractivity contribution is -0.686. The van der Waals surface area contributed by atoms with Crippen molar-refractivity contribution in [2.45, 2.75) is 25.4 Å². The van der Waals surface area contributed by atoms with Gasteiger partial charge in [-0.05, 0) is 47.5 Å². The van der Waals surface area contributed by atoms with Crippen molar-refractivity contribution in [3.63, 3.8) is 0 Å². The van der Waals surface area contributed by atoms with Gasteiger partial charge in [0, 0.05) is 23.3 Å². The van der Waals surface area contributed by atoms with Crippen LogP contribution in [0.4, 0.5) is 0 Å². The second-order valence-electron chi connectivity index (χ2n) is 9.21. The highest BCUT2D eigenvalue weighted by atomic mass is 35.5. The number of benzene rings is 3. The molecule has 6 rings (SSSR count). The molecule has 0 spiro atoms. The Balaban J connectivity index is 1.57.